The van der Waals surface area contributed by atoms with Crippen molar-refractivity contribution in [1.82, 2.24) is 20.6 Å². The van der Waals surface area contributed by atoms with E-state index in [0.717, 1.165) is 6.33 Å². The van der Waals surface area contributed by atoms with Crippen molar-refractivity contribution in [3.05, 3.63) is 17.7 Å². The Labute approximate surface area is 112 Å². The molecule has 0 atom stereocenters. The van der Waals surface area contributed by atoms with Crippen molar-refractivity contribution in [3.63, 3.8) is 0 Å². The molecule has 3 N–H and O–H groups in total. The molecule has 0 saturated carbocycles. The van der Waals surface area contributed by atoms with Gasteiger partial charge in [-0.2, -0.15) is 24.9 Å². The lowest BCUT2D eigenvalue weighted by molar-refractivity contribution is -0.141. The summed E-state index contributed by atoms with van der Waals surface area (Å²) >= 11 is 6.23. The van der Waals surface area contributed by atoms with E-state index in [4.69, 9.17) is 12.2 Å². The van der Waals surface area contributed by atoms with Gasteiger partial charge in [-0.15, -0.1) is 0 Å². The van der Waals surface area contributed by atoms with Gasteiger partial charge in [0.2, 0.25) is 0 Å². The minimum absolute atomic E-state index is 0.101. The smallest absolute Gasteiger partial charge is 0.366 e. The molecule has 18 heavy (non-hydrogen) atoms. The van der Waals surface area contributed by atoms with Crippen LogP contribution >= 0.6 is 24.0 Å². The number of rotatable bonds is 5. The molecule has 0 bridgehead atoms. The lowest BCUT2D eigenvalue weighted by Gasteiger charge is -2.08. The number of imidazole rings is 1. The molecule has 0 fully saturated rings. The molecule has 9 heteroatoms. The maximum absolute atomic E-state index is 12.5. The maximum Gasteiger partial charge on any atom is 0.435 e. The topological polar surface area (TPSA) is 52.7 Å². The minimum atomic E-state index is -4.40. The molecule has 0 aliphatic carbocycles. The molecule has 0 aromatic carbocycles. The van der Waals surface area contributed by atoms with E-state index in [1.54, 1.807) is 7.05 Å². The number of alkyl halides is 3. The van der Waals surface area contributed by atoms with Crippen molar-refractivity contribution in [2.75, 3.05) is 19.3 Å². The van der Waals surface area contributed by atoms with E-state index in [2.05, 4.69) is 20.6 Å². The molecular formula is C9H13F3N4S2. The predicted molar refractivity (Wildman–Crippen MR) is 69.4 cm³/mol. The number of aromatic amines is 1. The molecule has 0 saturated heterocycles. The number of hydrogen-bond donors (Lipinski definition) is 3. The predicted octanol–water partition coefficient (Wildman–Crippen LogP) is 1.76. The highest BCUT2D eigenvalue weighted by molar-refractivity contribution is 7.98. The quantitative estimate of drug-likeness (QED) is 0.571. The van der Waals surface area contributed by atoms with Gasteiger partial charge in [0.15, 0.2) is 10.8 Å². The summed E-state index contributed by atoms with van der Waals surface area (Å²) in [5, 5.41) is 6.17. The van der Waals surface area contributed by atoms with Crippen LogP contribution in [0.4, 0.5) is 13.2 Å². The molecule has 0 unspecified atom stereocenters. The Bertz CT molecular complexity index is 391. The van der Waals surface area contributed by atoms with Crippen molar-refractivity contribution >= 4 is 29.1 Å². The summed E-state index contributed by atoms with van der Waals surface area (Å²) in [7, 11) is 1.70. The SMILES string of the molecule is CNC(=S)NCCSCc1[nH]cnc1C(F)(F)F. The number of halogens is 3. The number of H-pyrrole nitrogens is 1. The van der Waals surface area contributed by atoms with Crippen LogP contribution in [0.3, 0.4) is 0 Å². The van der Waals surface area contributed by atoms with Crippen molar-refractivity contribution < 1.29 is 13.2 Å². The summed E-state index contributed by atoms with van der Waals surface area (Å²) in [5.41, 5.74) is -0.739. The van der Waals surface area contributed by atoms with Gasteiger partial charge in [0.1, 0.15) is 0 Å². The van der Waals surface area contributed by atoms with Gasteiger partial charge in [-0.1, -0.05) is 0 Å². The maximum atomic E-state index is 12.5. The standard InChI is InChI=1S/C9H13F3N4S2/c1-13-8(17)14-2-3-18-4-6-7(9(10,11)12)16-5-15-6/h5H,2-4H2,1H3,(H,15,16)(H2,13,14,17). The van der Waals surface area contributed by atoms with Gasteiger partial charge >= 0.3 is 6.18 Å². The van der Waals surface area contributed by atoms with E-state index >= 15 is 0 Å². The second kappa shape index (κ2) is 6.83. The van der Waals surface area contributed by atoms with E-state index in [-0.39, 0.29) is 11.4 Å². The normalized spacial score (nSPS) is 11.3. The second-order valence-corrected chi connectivity index (χ2v) is 4.80. The number of hydrogen-bond acceptors (Lipinski definition) is 3. The van der Waals surface area contributed by atoms with Gasteiger partial charge < -0.3 is 15.6 Å². The molecule has 1 aromatic heterocycles. The van der Waals surface area contributed by atoms with E-state index in [9.17, 15) is 13.2 Å². The Balaban J connectivity index is 2.32. The van der Waals surface area contributed by atoms with Crippen LogP contribution < -0.4 is 10.6 Å². The minimum Gasteiger partial charge on any atom is -0.366 e. The Hall–Kier alpha value is -0.960. The first-order chi connectivity index (χ1) is 8.45. The largest absolute Gasteiger partial charge is 0.435 e. The number of nitrogens with one attached hydrogen (secondary N) is 3. The lowest BCUT2D eigenvalue weighted by atomic mass is 10.3. The van der Waals surface area contributed by atoms with Crippen molar-refractivity contribution in [3.8, 4) is 0 Å². The summed E-state index contributed by atoms with van der Waals surface area (Å²) in [6.45, 7) is 0.597. The van der Waals surface area contributed by atoms with Gasteiger partial charge in [0.05, 0.1) is 12.0 Å². The Kier molecular flexibility index (Phi) is 5.73. The molecule has 1 aromatic rings. The van der Waals surface area contributed by atoms with Crippen LogP contribution in [0.15, 0.2) is 6.33 Å². The van der Waals surface area contributed by atoms with Crippen molar-refractivity contribution in [1.29, 1.82) is 0 Å². The van der Waals surface area contributed by atoms with Gasteiger partial charge in [0, 0.05) is 25.1 Å². The molecule has 102 valence electrons. The molecule has 0 aliphatic heterocycles. The van der Waals surface area contributed by atoms with Crippen LogP contribution in [0, 0.1) is 0 Å². The zero-order chi connectivity index (χ0) is 13.6. The monoisotopic (exact) mass is 298 g/mol. The number of thiocarbonyl (C=S) groups is 1. The third-order valence-corrected chi connectivity index (χ3v) is 3.33. The fourth-order valence-corrected chi connectivity index (χ4v) is 2.09. The first-order valence-electron chi connectivity index (χ1n) is 5.08. The third-order valence-electron chi connectivity index (χ3n) is 1.99. The van der Waals surface area contributed by atoms with E-state index < -0.39 is 11.9 Å². The average molecular weight is 298 g/mol. The van der Waals surface area contributed by atoms with Gasteiger partial charge in [-0.3, -0.25) is 0 Å². The van der Waals surface area contributed by atoms with E-state index in [1.165, 1.54) is 11.8 Å². The van der Waals surface area contributed by atoms with E-state index in [1.807, 2.05) is 0 Å². The van der Waals surface area contributed by atoms with E-state index in [0.29, 0.717) is 17.4 Å². The van der Waals surface area contributed by atoms with Crippen LogP contribution in [0.25, 0.3) is 0 Å². The van der Waals surface area contributed by atoms with Crippen LogP contribution in [0.2, 0.25) is 0 Å². The van der Waals surface area contributed by atoms with Crippen LogP contribution in [0.5, 0.6) is 0 Å². The van der Waals surface area contributed by atoms with Crippen molar-refractivity contribution in [2.24, 2.45) is 0 Å². The molecule has 0 aliphatic rings. The summed E-state index contributed by atoms with van der Waals surface area (Å²) in [5.74, 6) is 0.890. The molecule has 0 amide bonds. The lowest BCUT2D eigenvalue weighted by Crippen LogP contribution is -2.33. The Morgan fingerprint density at radius 2 is 2.28 bits per heavy atom. The average Bonchev–Trinajstić information content (AvgIpc) is 2.76. The number of nitrogens with zero attached hydrogens (tertiary/aromatic N) is 1. The van der Waals surface area contributed by atoms with Crippen LogP contribution in [0.1, 0.15) is 11.4 Å². The summed E-state index contributed by atoms with van der Waals surface area (Å²) < 4.78 is 37.4. The van der Waals surface area contributed by atoms with Gasteiger partial charge in [-0.05, 0) is 12.2 Å². The number of thioether (sulfide) groups is 1. The highest BCUT2D eigenvalue weighted by Crippen LogP contribution is 2.30. The number of aromatic nitrogens is 2. The fourth-order valence-electron chi connectivity index (χ4n) is 1.17. The Morgan fingerprint density at radius 1 is 1.56 bits per heavy atom. The summed E-state index contributed by atoms with van der Waals surface area (Å²) in [6, 6.07) is 0. The van der Waals surface area contributed by atoms with Crippen LogP contribution in [-0.2, 0) is 11.9 Å². The van der Waals surface area contributed by atoms with Gasteiger partial charge in [-0.25, -0.2) is 4.98 Å². The molecule has 0 spiro atoms. The molecule has 4 nitrogen and oxygen atoms in total. The zero-order valence-corrected chi connectivity index (χ0v) is 11.2. The molecular weight excluding hydrogens is 285 g/mol. The molecule has 1 heterocycles. The molecule has 0 radical (unpaired) electrons. The first-order valence-corrected chi connectivity index (χ1v) is 6.64. The fraction of sp³-hybridized carbons (Fsp3) is 0.556. The van der Waals surface area contributed by atoms with Crippen LogP contribution in [-0.4, -0.2) is 34.4 Å². The molecule has 1 rings (SSSR count). The summed E-state index contributed by atoms with van der Waals surface area (Å²) in [4.78, 5) is 5.80. The highest BCUT2D eigenvalue weighted by Gasteiger charge is 2.35. The van der Waals surface area contributed by atoms with Crippen molar-refractivity contribution in [2.45, 2.75) is 11.9 Å². The zero-order valence-electron chi connectivity index (χ0n) is 9.60. The Morgan fingerprint density at radius 3 is 2.89 bits per heavy atom. The third kappa shape index (κ3) is 4.73. The van der Waals surface area contributed by atoms with Gasteiger partial charge in [0.25, 0.3) is 0 Å². The first kappa shape index (κ1) is 15.1. The second-order valence-electron chi connectivity index (χ2n) is 3.29. The summed E-state index contributed by atoms with van der Waals surface area (Å²) in [6.07, 6.45) is -3.34. The highest BCUT2D eigenvalue weighted by atomic mass is 32.2.